The van der Waals surface area contributed by atoms with Gasteiger partial charge < -0.3 is 24.4 Å². The molecule has 0 spiro atoms. The number of phenols is 1. The maximum atomic E-state index is 16.9. The second-order valence-electron chi connectivity index (χ2n) is 13.8. The smallest absolute Gasteiger partial charge is 0.410 e. The van der Waals surface area contributed by atoms with Gasteiger partial charge >= 0.3 is 12.1 Å². The average molecular weight is 648 g/mol. The standard InChI is InChI=1S/C35H39ClFN5O4/c1-35(2,3)46-34(44)42-21-11-12-22(42)18-41(17-21)32-27-16-28(36)29(26-15-24(43)14-20-8-5-6-10-25(20)26)30(37)31(27)38-33(39-32)45-19-23-9-7-13-40(23)4/h5-6,8,10,14-16,21-23,43H,7,9,11-13,17-19H2,1-4H3/t21-,22+,23-/m0/s1. The number of benzene rings is 3. The van der Waals surface area contributed by atoms with Crippen LogP contribution in [0.4, 0.5) is 15.0 Å². The number of ether oxygens (including phenoxy) is 2. The summed E-state index contributed by atoms with van der Waals surface area (Å²) in [6.07, 6.45) is 3.46. The van der Waals surface area contributed by atoms with Crippen LogP contribution in [0.1, 0.15) is 46.5 Å². The number of likely N-dealkylation sites (N-methyl/N-ethyl adjacent to an activating group) is 1. The van der Waals surface area contributed by atoms with E-state index in [1.54, 1.807) is 12.1 Å². The van der Waals surface area contributed by atoms with E-state index >= 15 is 4.39 Å². The monoisotopic (exact) mass is 647 g/mol. The molecule has 11 heteroatoms. The van der Waals surface area contributed by atoms with Gasteiger partial charge in [-0.15, -0.1) is 0 Å². The van der Waals surface area contributed by atoms with Gasteiger partial charge in [-0.3, -0.25) is 4.90 Å². The van der Waals surface area contributed by atoms with E-state index in [9.17, 15) is 9.90 Å². The van der Waals surface area contributed by atoms with Crippen LogP contribution in [0.2, 0.25) is 5.02 Å². The number of rotatable bonds is 5. The number of nitrogens with zero attached hydrogens (tertiary/aromatic N) is 5. The summed E-state index contributed by atoms with van der Waals surface area (Å²) in [5.74, 6) is -0.0792. The molecule has 242 valence electrons. The SMILES string of the molecule is CN1CCC[C@H]1COc1nc(N2C[C@H]3CC[C@@H](C2)N3C(=O)OC(C)(C)C)c2cc(Cl)c(-c3cc(O)cc4ccccc34)c(F)c2n1. The lowest BCUT2D eigenvalue weighted by atomic mass is 9.96. The van der Waals surface area contributed by atoms with Gasteiger partial charge in [0.25, 0.3) is 0 Å². The summed E-state index contributed by atoms with van der Waals surface area (Å²) in [5, 5.41) is 12.7. The van der Waals surface area contributed by atoms with E-state index in [0.717, 1.165) is 43.0 Å². The molecule has 3 aliphatic heterocycles. The van der Waals surface area contributed by atoms with E-state index < -0.39 is 11.4 Å². The summed E-state index contributed by atoms with van der Waals surface area (Å²) in [6.45, 7) is 8.00. The molecule has 3 saturated heterocycles. The molecule has 9 nitrogen and oxygen atoms in total. The first-order valence-electron chi connectivity index (χ1n) is 16.0. The third-order valence-corrected chi connectivity index (χ3v) is 9.72. The van der Waals surface area contributed by atoms with Crippen LogP contribution < -0.4 is 9.64 Å². The molecule has 0 saturated carbocycles. The summed E-state index contributed by atoms with van der Waals surface area (Å²) in [4.78, 5) is 28.8. The minimum atomic E-state index is -0.611. The van der Waals surface area contributed by atoms with Crippen molar-refractivity contribution in [1.29, 1.82) is 0 Å². The van der Waals surface area contributed by atoms with Gasteiger partial charge in [-0.2, -0.15) is 9.97 Å². The van der Waals surface area contributed by atoms with Gasteiger partial charge in [0, 0.05) is 30.1 Å². The molecule has 1 N–H and O–H groups in total. The Morgan fingerprint density at radius 1 is 1.07 bits per heavy atom. The lowest BCUT2D eigenvalue weighted by molar-refractivity contribution is 0.0122. The average Bonchev–Trinajstić information content (AvgIpc) is 3.53. The fourth-order valence-corrected chi connectivity index (χ4v) is 7.56. The Kier molecular flexibility index (Phi) is 7.84. The zero-order valence-corrected chi connectivity index (χ0v) is 27.4. The predicted octanol–water partition coefficient (Wildman–Crippen LogP) is 7.01. The van der Waals surface area contributed by atoms with Crippen LogP contribution >= 0.6 is 11.6 Å². The number of likely N-dealkylation sites (tertiary alicyclic amines) is 1. The molecule has 3 aliphatic rings. The number of amides is 1. The number of aromatic hydroxyl groups is 1. The van der Waals surface area contributed by atoms with Crippen LogP contribution in [-0.2, 0) is 4.74 Å². The molecule has 46 heavy (non-hydrogen) atoms. The Morgan fingerprint density at radius 2 is 1.80 bits per heavy atom. The highest BCUT2D eigenvalue weighted by Crippen LogP contribution is 2.43. The molecule has 4 heterocycles. The summed E-state index contributed by atoms with van der Waals surface area (Å²) >= 11 is 6.90. The molecule has 4 aromatic rings. The largest absolute Gasteiger partial charge is 0.508 e. The minimum Gasteiger partial charge on any atom is -0.508 e. The molecule has 2 bridgehead atoms. The number of hydrogen-bond acceptors (Lipinski definition) is 8. The molecule has 3 aromatic carbocycles. The quantitative estimate of drug-likeness (QED) is 0.247. The first kappa shape index (κ1) is 30.7. The minimum absolute atomic E-state index is 0.00989. The first-order valence-corrected chi connectivity index (χ1v) is 16.4. The molecule has 0 aliphatic carbocycles. The molecule has 3 atom stereocenters. The number of aromatic nitrogens is 2. The van der Waals surface area contributed by atoms with Crippen LogP contribution in [0.15, 0.2) is 42.5 Å². The van der Waals surface area contributed by atoms with Crippen LogP contribution in [0.25, 0.3) is 32.8 Å². The Hall–Kier alpha value is -3.89. The van der Waals surface area contributed by atoms with Gasteiger partial charge in [-0.05, 0) is 94.6 Å². The predicted molar refractivity (Wildman–Crippen MR) is 177 cm³/mol. The Labute approximate surface area is 272 Å². The number of halogens is 2. The Morgan fingerprint density at radius 3 is 2.50 bits per heavy atom. The van der Waals surface area contributed by atoms with E-state index in [-0.39, 0.29) is 52.1 Å². The van der Waals surface area contributed by atoms with Crippen molar-refractivity contribution in [3.63, 3.8) is 0 Å². The second-order valence-corrected chi connectivity index (χ2v) is 14.2. The maximum absolute atomic E-state index is 16.9. The van der Waals surface area contributed by atoms with Crippen LogP contribution in [0.5, 0.6) is 11.8 Å². The summed E-state index contributed by atoms with van der Waals surface area (Å²) in [7, 11) is 2.07. The normalized spacial score (nSPS) is 21.8. The van der Waals surface area contributed by atoms with Crippen molar-refractivity contribution in [3.05, 3.63) is 53.3 Å². The van der Waals surface area contributed by atoms with Gasteiger partial charge in [0.2, 0.25) is 0 Å². The number of anilines is 1. The van der Waals surface area contributed by atoms with Crippen molar-refractivity contribution < 1.29 is 23.8 Å². The van der Waals surface area contributed by atoms with Crippen molar-refractivity contribution in [2.45, 2.75) is 70.2 Å². The third-order valence-electron chi connectivity index (χ3n) is 9.42. The van der Waals surface area contributed by atoms with Crippen molar-refractivity contribution in [2.75, 3.05) is 38.2 Å². The van der Waals surface area contributed by atoms with E-state index in [2.05, 4.69) is 21.8 Å². The fraction of sp³-hybridized carbons (Fsp3) is 0.457. The van der Waals surface area contributed by atoms with Gasteiger partial charge in [0.1, 0.15) is 29.3 Å². The Bertz CT molecular complexity index is 1820. The highest BCUT2D eigenvalue weighted by atomic mass is 35.5. The highest BCUT2D eigenvalue weighted by Gasteiger charge is 2.45. The molecule has 1 amide bonds. The number of carbonyl (C=O) groups excluding carboxylic acids is 1. The number of phenolic OH excluding ortho intramolecular Hbond substituents is 1. The summed E-state index contributed by atoms with van der Waals surface area (Å²) in [6, 6.07) is 12.5. The van der Waals surface area contributed by atoms with Crippen molar-refractivity contribution in [3.8, 4) is 22.9 Å². The maximum Gasteiger partial charge on any atom is 0.410 e. The van der Waals surface area contributed by atoms with Gasteiger partial charge in [0.15, 0.2) is 5.82 Å². The number of carbonyl (C=O) groups is 1. The highest BCUT2D eigenvalue weighted by molar-refractivity contribution is 6.35. The van der Waals surface area contributed by atoms with E-state index in [0.29, 0.717) is 36.5 Å². The zero-order chi connectivity index (χ0) is 32.3. The number of fused-ring (bicyclic) bond motifs is 4. The van der Waals surface area contributed by atoms with Crippen LogP contribution in [0.3, 0.4) is 0 Å². The van der Waals surface area contributed by atoms with Crippen molar-refractivity contribution in [2.24, 2.45) is 0 Å². The third kappa shape index (κ3) is 5.66. The van der Waals surface area contributed by atoms with Crippen LogP contribution in [-0.4, -0.2) is 88.0 Å². The molecular weight excluding hydrogens is 609 g/mol. The Balaban J connectivity index is 1.32. The molecule has 7 rings (SSSR count). The lowest BCUT2D eigenvalue weighted by Crippen LogP contribution is -2.57. The van der Waals surface area contributed by atoms with Crippen LogP contribution in [0, 0.1) is 5.82 Å². The van der Waals surface area contributed by atoms with E-state index in [4.69, 9.17) is 26.1 Å². The fourth-order valence-electron chi connectivity index (χ4n) is 7.26. The van der Waals surface area contributed by atoms with Gasteiger partial charge in [-0.25, -0.2) is 9.18 Å². The van der Waals surface area contributed by atoms with Crippen molar-refractivity contribution in [1.82, 2.24) is 19.8 Å². The van der Waals surface area contributed by atoms with Crippen molar-refractivity contribution >= 4 is 45.2 Å². The first-order chi connectivity index (χ1) is 22.0. The van der Waals surface area contributed by atoms with E-state index in [1.165, 1.54) is 6.07 Å². The lowest BCUT2D eigenvalue weighted by Gasteiger charge is -2.42. The molecule has 0 unspecified atom stereocenters. The van der Waals surface area contributed by atoms with E-state index in [1.807, 2.05) is 49.9 Å². The molecule has 3 fully saturated rings. The summed E-state index contributed by atoms with van der Waals surface area (Å²) < 4.78 is 28.8. The molecule has 0 radical (unpaired) electrons. The zero-order valence-electron chi connectivity index (χ0n) is 26.6. The second kappa shape index (κ2) is 11.7. The topological polar surface area (TPSA) is 91.3 Å². The number of hydrogen-bond donors (Lipinski definition) is 1. The van der Waals surface area contributed by atoms with Gasteiger partial charge in [-0.1, -0.05) is 35.9 Å². The molecular formula is C35H39ClFN5O4. The summed E-state index contributed by atoms with van der Waals surface area (Å²) in [5.41, 5.74) is 0.123. The number of piperazine rings is 1. The molecule has 1 aromatic heterocycles. The van der Waals surface area contributed by atoms with Gasteiger partial charge in [0.05, 0.1) is 17.1 Å².